The lowest BCUT2D eigenvalue weighted by molar-refractivity contribution is 0.0444. The molecule has 0 radical (unpaired) electrons. The van der Waals surface area contributed by atoms with E-state index < -0.39 is 0 Å². The van der Waals surface area contributed by atoms with Crippen LogP contribution in [0, 0.1) is 12.8 Å². The number of fused-ring (bicyclic) bond motifs is 3. The number of nitrogens with one attached hydrogen (secondary N) is 1. The van der Waals surface area contributed by atoms with Crippen LogP contribution in [0.2, 0.25) is 0 Å². The van der Waals surface area contributed by atoms with Gasteiger partial charge in [-0.2, -0.15) is 9.61 Å². The largest absolute Gasteiger partial charge is 0.393 e. The van der Waals surface area contributed by atoms with Gasteiger partial charge in [-0.3, -0.25) is 0 Å². The molecule has 3 aromatic heterocycles. The third kappa shape index (κ3) is 5.29. The summed E-state index contributed by atoms with van der Waals surface area (Å²) in [5.41, 5.74) is 5.93. The summed E-state index contributed by atoms with van der Waals surface area (Å²) in [7, 11) is 0. The summed E-state index contributed by atoms with van der Waals surface area (Å²) in [4.78, 5) is 14.7. The molecule has 2 fully saturated rings. The molecule has 182 valence electrons. The van der Waals surface area contributed by atoms with Gasteiger partial charge in [0.15, 0.2) is 11.3 Å². The second-order valence-corrected chi connectivity index (χ2v) is 10.1. The second-order valence-electron chi connectivity index (χ2n) is 9.34. The number of allylic oxidation sites excluding steroid dienone is 8. The summed E-state index contributed by atoms with van der Waals surface area (Å²) >= 11 is 3.59. The normalized spacial score (nSPS) is 23.5. The number of hydrogen-bond acceptors (Lipinski definition) is 6. The summed E-state index contributed by atoms with van der Waals surface area (Å²) in [6.45, 7) is 6.49. The van der Waals surface area contributed by atoms with Crippen LogP contribution < -0.4 is 5.32 Å². The summed E-state index contributed by atoms with van der Waals surface area (Å²) in [5, 5.41) is 17.2. The van der Waals surface area contributed by atoms with Gasteiger partial charge in [0, 0.05) is 19.0 Å². The summed E-state index contributed by atoms with van der Waals surface area (Å²) in [6, 6.07) is 0. The standard InChI is InChI=1S/C25H26BrN5O.C2H5N/c1-3-17(11-7-8-16-12-19(32)13-16)22-23(18-9-5-4-6-10-18)28-20-14-27-25-21(26)15(2)30-31(25)24(20)29-22;1-2-3-1/h3-7,9,11,14,16,18-19,32H,8,10,12-13H2,1-2H3;3H,1-2H2/b11-7-,17-3+;. The van der Waals surface area contributed by atoms with Gasteiger partial charge in [-0.25, -0.2) is 15.0 Å². The molecule has 1 saturated carbocycles. The zero-order chi connectivity index (χ0) is 24.4. The molecule has 1 aliphatic heterocycles. The van der Waals surface area contributed by atoms with Crippen LogP contribution in [0.5, 0.6) is 0 Å². The maximum Gasteiger partial charge on any atom is 0.184 e. The van der Waals surface area contributed by atoms with Crippen molar-refractivity contribution in [3.8, 4) is 0 Å². The highest BCUT2D eigenvalue weighted by Gasteiger charge is 2.26. The van der Waals surface area contributed by atoms with E-state index in [4.69, 9.17) is 9.97 Å². The fourth-order valence-corrected chi connectivity index (χ4v) is 4.77. The molecule has 4 heterocycles. The molecule has 0 amide bonds. The topological polar surface area (TPSA) is 98.1 Å². The van der Waals surface area contributed by atoms with E-state index in [1.165, 1.54) is 13.1 Å². The molecule has 0 bridgehead atoms. The minimum Gasteiger partial charge on any atom is -0.393 e. The average molecular weight is 535 g/mol. The first-order valence-corrected chi connectivity index (χ1v) is 13.1. The smallest absolute Gasteiger partial charge is 0.184 e. The molecule has 7 nitrogen and oxygen atoms in total. The first-order valence-electron chi connectivity index (χ1n) is 12.3. The molecular weight excluding hydrogens is 504 g/mol. The molecule has 0 aromatic carbocycles. The summed E-state index contributed by atoms with van der Waals surface area (Å²) in [5.74, 6) is 0.738. The van der Waals surface area contributed by atoms with Gasteiger partial charge in [-0.1, -0.05) is 42.5 Å². The van der Waals surface area contributed by atoms with Crippen LogP contribution >= 0.6 is 15.9 Å². The lowest BCUT2D eigenvalue weighted by Crippen LogP contribution is -2.27. The number of aliphatic hydroxyl groups is 1. The van der Waals surface area contributed by atoms with Gasteiger partial charge in [0.05, 0.1) is 33.9 Å². The Morgan fingerprint density at radius 2 is 2.03 bits per heavy atom. The summed E-state index contributed by atoms with van der Waals surface area (Å²) < 4.78 is 2.65. The van der Waals surface area contributed by atoms with Crippen LogP contribution in [0.1, 0.15) is 55.6 Å². The van der Waals surface area contributed by atoms with E-state index in [1.807, 2.05) is 13.8 Å². The molecule has 3 aliphatic rings. The molecule has 1 atom stereocenters. The minimum absolute atomic E-state index is 0.119. The van der Waals surface area contributed by atoms with Crippen molar-refractivity contribution in [1.29, 1.82) is 0 Å². The Morgan fingerprint density at radius 3 is 2.69 bits per heavy atom. The van der Waals surface area contributed by atoms with Gasteiger partial charge in [0.2, 0.25) is 0 Å². The molecule has 8 heteroatoms. The number of aromatic nitrogens is 5. The van der Waals surface area contributed by atoms with Crippen LogP contribution in [0.3, 0.4) is 0 Å². The van der Waals surface area contributed by atoms with Crippen LogP contribution in [0.15, 0.2) is 53.2 Å². The molecule has 3 aromatic rings. The van der Waals surface area contributed by atoms with E-state index in [2.05, 4.69) is 73.9 Å². The van der Waals surface area contributed by atoms with Gasteiger partial charge in [-0.15, -0.1) is 0 Å². The molecule has 1 saturated heterocycles. The zero-order valence-electron chi connectivity index (χ0n) is 20.2. The third-order valence-corrected chi connectivity index (χ3v) is 7.48. The highest BCUT2D eigenvalue weighted by Crippen LogP contribution is 2.33. The Kier molecular flexibility index (Phi) is 7.22. The van der Waals surface area contributed by atoms with Crippen LogP contribution in [0.25, 0.3) is 22.4 Å². The van der Waals surface area contributed by atoms with E-state index in [0.29, 0.717) is 11.6 Å². The highest BCUT2D eigenvalue weighted by atomic mass is 79.9. The quantitative estimate of drug-likeness (QED) is 0.351. The number of aryl methyl sites for hydroxylation is 1. The van der Waals surface area contributed by atoms with E-state index in [1.54, 1.807) is 10.7 Å². The van der Waals surface area contributed by atoms with E-state index in [0.717, 1.165) is 64.0 Å². The van der Waals surface area contributed by atoms with Gasteiger partial charge >= 0.3 is 0 Å². The number of halogens is 1. The van der Waals surface area contributed by atoms with Crippen molar-refractivity contribution >= 4 is 38.3 Å². The van der Waals surface area contributed by atoms with Crippen LogP contribution in [-0.2, 0) is 0 Å². The van der Waals surface area contributed by atoms with Gasteiger partial charge in [0.1, 0.15) is 5.52 Å². The number of hydrogen-bond donors (Lipinski definition) is 2. The second kappa shape index (κ2) is 10.5. The lowest BCUT2D eigenvalue weighted by atomic mass is 9.80. The maximum absolute atomic E-state index is 9.56. The van der Waals surface area contributed by atoms with Crippen molar-refractivity contribution in [2.24, 2.45) is 5.92 Å². The van der Waals surface area contributed by atoms with Gasteiger partial charge < -0.3 is 10.4 Å². The summed E-state index contributed by atoms with van der Waals surface area (Å²) in [6.07, 6.45) is 20.3. The Hall–Kier alpha value is -2.68. The first-order chi connectivity index (χ1) is 17.0. The third-order valence-electron chi connectivity index (χ3n) is 6.55. The van der Waals surface area contributed by atoms with Crippen LogP contribution in [0.4, 0.5) is 0 Å². The predicted octanol–water partition coefficient (Wildman–Crippen LogP) is 5.05. The zero-order valence-corrected chi connectivity index (χ0v) is 21.7. The Morgan fingerprint density at radius 1 is 1.23 bits per heavy atom. The van der Waals surface area contributed by atoms with Crippen molar-refractivity contribution < 1.29 is 5.11 Å². The SMILES string of the molecule is C/C=C(\C=C/CC1CC(O)C1)c1nc2c(cnc3c(Br)c(C)nn32)nc1C1C=CC=CC1.C1CN1. The molecular formula is C27H31BrN6O. The predicted molar refractivity (Wildman–Crippen MR) is 143 cm³/mol. The maximum atomic E-state index is 9.56. The van der Waals surface area contributed by atoms with E-state index in [-0.39, 0.29) is 12.0 Å². The van der Waals surface area contributed by atoms with Gasteiger partial charge in [-0.05, 0) is 67.0 Å². The Labute approximate surface area is 213 Å². The molecule has 2 N–H and O–H groups in total. The Bertz CT molecular complexity index is 1340. The first kappa shape index (κ1) is 24.0. The van der Waals surface area contributed by atoms with Crippen molar-refractivity contribution in [3.05, 3.63) is 70.3 Å². The van der Waals surface area contributed by atoms with E-state index >= 15 is 0 Å². The molecule has 6 rings (SSSR count). The fraction of sp³-hybridized carbons (Fsp3) is 0.407. The number of rotatable bonds is 5. The Balaban J connectivity index is 0.000000786. The highest BCUT2D eigenvalue weighted by molar-refractivity contribution is 9.10. The minimum atomic E-state index is -0.119. The van der Waals surface area contributed by atoms with Crippen molar-refractivity contribution in [2.45, 2.75) is 51.6 Å². The fourth-order valence-electron chi connectivity index (χ4n) is 4.42. The molecule has 0 spiro atoms. The monoisotopic (exact) mass is 534 g/mol. The van der Waals surface area contributed by atoms with Crippen LogP contribution in [-0.4, -0.2) is 48.9 Å². The number of aliphatic hydroxyl groups excluding tert-OH is 1. The van der Waals surface area contributed by atoms with Crippen molar-refractivity contribution in [1.82, 2.24) is 29.9 Å². The van der Waals surface area contributed by atoms with Gasteiger partial charge in [0.25, 0.3) is 0 Å². The van der Waals surface area contributed by atoms with Crippen molar-refractivity contribution in [3.63, 3.8) is 0 Å². The molecule has 35 heavy (non-hydrogen) atoms. The average Bonchev–Trinajstić information content (AvgIpc) is 3.72. The van der Waals surface area contributed by atoms with Crippen molar-refractivity contribution in [2.75, 3.05) is 13.1 Å². The lowest BCUT2D eigenvalue weighted by Gasteiger charge is -2.30. The number of nitrogens with zero attached hydrogens (tertiary/aromatic N) is 5. The molecule has 1 unspecified atom stereocenters. The van der Waals surface area contributed by atoms with E-state index in [9.17, 15) is 5.11 Å². The molecule has 2 aliphatic carbocycles.